The van der Waals surface area contributed by atoms with Crippen LogP contribution >= 0.6 is 11.6 Å². The number of carbonyl (C=O) groups is 1. The van der Waals surface area contributed by atoms with Crippen LogP contribution in [0.5, 0.6) is 0 Å². The normalized spacial score (nSPS) is 15.2. The predicted octanol–water partition coefficient (Wildman–Crippen LogP) is 5.05. The lowest BCUT2D eigenvalue weighted by Crippen LogP contribution is -2.34. The lowest BCUT2D eigenvalue weighted by atomic mass is 9.99. The summed E-state index contributed by atoms with van der Waals surface area (Å²) >= 11 is 6.13. The van der Waals surface area contributed by atoms with Gasteiger partial charge in [-0.2, -0.15) is 13.2 Å². The molecule has 0 saturated heterocycles. The van der Waals surface area contributed by atoms with E-state index in [9.17, 15) is 26.7 Å². The van der Waals surface area contributed by atoms with Crippen LogP contribution in [0.25, 0.3) is 5.57 Å². The van der Waals surface area contributed by atoms with Crippen molar-refractivity contribution < 1.29 is 26.7 Å². The van der Waals surface area contributed by atoms with Crippen molar-refractivity contribution in [2.75, 3.05) is 6.54 Å². The Morgan fingerprint density at radius 1 is 1.25 bits per heavy atom. The summed E-state index contributed by atoms with van der Waals surface area (Å²) in [4.78, 5) is 16.2. The third kappa shape index (κ3) is 3.87. The van der Waals surface area contributed by atoms with Crippen molar-refractivity contribution in [3.63, 3.8) is 0 Å². The maximum atomic E-state index is 13.7. The fraction of sp³-hybridized carbons (Fsp3) is 0.263. The molecule has 3 rings (SSSR count). The third-order valence-electron chi connectivity index (χ3n) is 4.66. The molecule has 28 heavy (non-hydrogen) atoms. The number of halogens is 6. The first-order chi connectivity index (χ1) is 13.0. The van der Waals surface area contributed by atoms with E-state index in [-0.39, 0.29) is 17.1 Å². The van der Waals surface area contributed by atoms with Gasteiger partial charge < -0.3 is 5.32 Å². The van der Waals surface area contributed by atoms with Crippen molar-refractivity contribution in [1.82, 2.24) is 10.3 Å². The summed E-state index contributed by atoms with van der Waals surface area (Å²) in [5.74, 6) is -2.91. The molecule has 1 heterocycles. The SMILES string of the molecule is C=C(c1cnc(C2(CNC(=O)c3c(F)cccc3F)CC2)c(Cl)c1)C(F)(F)F. The number of hydrogen-bond acceptors (Lipinski definition) is 2. The average Bonchev–Trinajstić information content (AvgIpc) is 3.39. The molecular weight excluding hydrogens is 403 g/mol. The molecule has 1 fully saturated rings. The lowest BCUT2D eigenvalue weighted by Gasteiger charge is -2.18. The number of alkyl halides is 3. The number of hydrogen-bond donors (Lipinski definition) is 1. The minimum absolute atomic E-state index is 0.00622. The van der Waals surface area contributed by atoms with E-state index >= 15 is 0 Å². The van der Waals surface area contributed by atoms with Gasteiger partial charge in [0.15, 0.2) is 0 Å². The van der Waals surface area contributed by atoms with Crippen molar-refractivity contribution in [2.24, 2.45) is 0 Å². The Labute approximate surface area is 162 Å². The molecule has 2 aromatic rings. The van der Waals surface area contributed by atoms with Crippen molar-refractivity contribution >= 4 is 23.1 Å². The maximum absolute atomic E-state index is 13.7. The summed E-state index contributed by atoms with van der Waals surface area (Å²) in [6.07, 6.45) is -2.45. The minimum Gasteiger partial charge on any atom is -0.351 e. The summed E-state index contributed by atoms with van der Waals surface area (Å²) in [5.41, 5.74) is -2.39. The van der Waals surface area contributed by atoms with Gasteiger partial charge in [-0.15, -0.1) is 0 Å². The van der Waals surface area contributed by atoms with E-state index < -0.39 is 40.3 Å². The second-order valence-electron chi connectivity index (χ2n) is 6.59. The number of carbonyl (C=O) groups excluding carboxylic acids is 1. The fourth-order valence-corrected chi connectivity index (χ4v) is 3.22. The van der Waals surface area contributed by atoms with E-state index in [0.717, 1.165) is 30.5 Å². The van der Waals surface area contributed by atoms with Gasteiger partial charge in [0.25, 0.3) is 5.91 Å². The molecule has 1 aromatic carbocycles. The molecule has 3 nitrogen and oxygen atoms in total. The fourth-order valence-electron chi connectivity index (χ4n) is 2.86. The van der Waals surface area contributed by atoms with Gasteiger partial charge in [0.05, 0.1) is 16.3 Å². The van der Waals surface area contributed by atoms with Crippen LogP contribution in [0.4, 0.5) is 22.0 Å². The molecule has 9 heteroatoms. The Kier molecular flexibility index (Phi) is 5.18. The molecule has 1 aliphatic rings. The van der Waals surface area contributed by atoms with E-state index in [1.807, 2.05) is 0 Å². The summed E-state index contributed by atoms with van der Waals surface area (Å²) in [6.45, 7) is 2.99. The highest BCUT2D eigenvalue weighted by atomic mass is 35.5. The number of pyridine rings is 1. The van der Waals surface area contributed by atoms with Gasteiger partial charge in [-0.1, -0.05) is 24.2 Å². The molecule has 0 atom stereocenters. The predicted molar refractivity (Wildman–Crippen MR) is 93.9 cm³/mol. The zero-order chi connectivity index (χ0) is 20.7. The first kappa shape index (κ1) is 20.3. The number of allylic oxidation sites excluding steroid dienone is 1. The summed E-state index contributed by atoms with van der Waals surface area (Å²) < 4.78 is 65.7. The van der Waals surface area contributed by atoms with E-state index in [2.05, 4.69) is 16.9 Å². The third-order valence-corrected chi connectivity index (χ3v) is 4.95. The first-order valence-electron chi connectivity index (χ1n) is 8.20. The largest absolute Gasteiger partial charge is 0.416 e. The van der Waals surface area contributed by atoms with Gasteiger partial charge in [-0.3, -0.25) is 9.78 Å². The van der Waals surface area contributed by atoms with Crippen LogP contribution in [0, 0.1) is 11.6 Å². The van der Waals surface area contributed by atoms with E-state index in [1.165, 1.54) is 0 Å². The molecule has 0 radical (unpaired) electrons. The second kappa shape index (κ2) is 7.16. The molecule has 0 spiro atoms. The van der Waals surface area contributed by atoms with Gasteiger partial charge in [0.1, 0.15) is 17.2 Å². The monoisotopic (exact) mass is 416 g/mol. The van der Waals surface area contributed by atoms with E-state index in [1.54, 1.807) is 0 Å². The lowest BCUT2D eigenvalue weighted by molar-refractivity contribution is -0.0686. The highest BCUT2D eigenvalue weighted by molar-refractivity contribution is 6.31. The number of aromatic nitrogens is 1. The van der Waals surface area contributed by atoms with Crippen LogP contribution in [-0.2, 0) is 5.41 Å². The topological polar surface area (TPSA) is 42.0 Å². The Balaban J connectivity index is 1.77. The summed E-state index contributed by atoms with van der Waals surface area (Å²) in [7, 11) is 0. The van der Waals surface area contributed by atoms with Crippen LogP contribution in [0.15, 0.2) is 37.0 Å². The molecule has 0 unspecified atom stereocenters. The molecule has 0 bridgehead atoms. The van der Waals surface area contributed by atoms with Gasteiger partial charge in [0, 0.05) is 23.7 Å². The molecule has 1 saturated carbocycles. The van der Waals surface area contributed by atoms with E-state index in [4.69, 9.17) is 11.6 Å². The van der Waals surface area contributed by atoms with Crippen molar-refractivity contribution in [3.05, 3.63) is 70.5 Å². The summed E-state index contributed by atoms with van der Waals surface area (Å²) in [6, 6.07) is 4.20. The summed E-state index contributed by atoms with van der Waals surface area (Å²) in [5, 5.41) is 2.46. The zero-order valence-corrected chi connectivity index (χ0v) is 15.1. The highest BCUT2D eigenvalue weighted by Crippen LogP contribution is 2.49. The second-order valence-corrected chi connectivity index (χ2v) is 7.00. The Hall–Kier alpha value is -2.48. The molecule has 1 aromatic heterocycles. The van der Waals surface area contributed by atoms with Gasteiger partial charge >= 0.3 is 6.18 Å². The number of nitrogens with one attached hydrogen (secondary N) is 1. The minimum atomic E-state index is -4.61. The standard InChI is InChI=1S/C19H14ClF5N2O/c1-10(19(23,24)25)11-7-12(20)16(26-8-11)18(5-6-18)9-27-17(28)15-13(21)3-2-4-14(15)22/h2-4,7-8H,1,5-6,9H2,(H,27,28). The quantitative estimate of drug-likeness (QED) is 0.693. The van der Waals surface area contributed by atoms with Gasteiger partial charge in [-0.25, -0.2) is 8.78 Å². The Bertz CT molecular complexity index is 934. The molecule has 1 aliphatic carbocycles. The van der Waals surface area contributed by atoms with Crippen LogP contribution in [-0.4, -0.2) is 23.6 Å². The van der Waals surface area contributed by atoms with Crippen LogP contribution in [0.1, 0.15) is 34.5 Å². The van der Waals surface area contributed by atoms with Crippen molar-refractivity contribution in [3.8, 4) is 0 Å². The van der Waals surface area contributed by atoms with Crippen LogP contribution in [0.2, 0.25) is 5.02 Å². The zero-order valence-electron chi connectivity index (χ0n) is 14.3. The molecule has 0 aliphatic heterocycles. The van der Waals surface area contributed by atoms with Crippen molar-refractivity contribution in [2.45, 2.75) is 24.4 Å². The number of amides is 1. The molecule has 1 N–H and O–H groups in total. The van der Waals surface area contributed by atoms with E-state index in [0.29, 0.717) is 18.5 Å². The molecular formula is C19H14ClF5N2O. The molecule has 148 valence electrons. The van der Waals surface area contributed by atoms with Crippen LogP contribution < -0.4 is 5.32 Å². The number of benzene rings is 1. The first-order valence-corrected chi connectivity index (χ1v) is 8.58. The van der Waals surface area contributed by atoms with Crippen molar-refractivity contribution in [1.29, 1.82) is 0 Å². The van der Waals surface area contributed by atoms with Crippen LogP contribution in [0.3, 0.4) is 0 Å². The maximum Gasteiger partial charge on any atom is 0.416 e. The van der Waals surface area contributed by atoms with Gasteiger partial charge in [0.2, 0.25) is 0 Å². The number of rotatable bonds is 5. The molecule has 1 amide bonds. The highest BCUT2D eigenvalue weighted by Gasteiger charge is 2.47. The Morgan fingerprint density at radius 3 is 2.36 bits per heavy atom. The smallest absolute Gasteiger partial charge is 0.351 e. The Morgan fingerprint density at radius 2 is 1.86 bits per heavy atom. The number of nitrogens with zero attached hydrogens (tertiary/aromatic N) is 1. The average molecular weight is 417 g/mol. The van der Waals surface area contributed by atoms with Gasteiger partial charge in [-0.05, 0) is 31.0 Å².